The highest BCUT2D eigenvalue weighted by Gasteiger charge is 2.13. The number of hydrogen-bond acceptors (Lipinski definition) is 4. The first-order chi connectivity index (χ1) is 8.15. The molecule has 3 aromatic heterocycles. The molecule has 0 N–H and O–H groups in total. The van der Waals surface area contributed by atoms with Gasteiger partial charge in [-0.2, -0.15) is 9.61 Å². The van der Waals surface area contributed by atoms with E-state index in [0.29, 0.717) is 16.6 Å². The molecule has 0 unspecified atom stereocenters. The van der Waals surface area contributed by atoms with Crippen LogP contribution in [0.2, 0.25) is 5.15 Å². The van der Waals surface area contributed by atoms with E-state index in [1.807, 2.05) is 6.07 Å². The second-order valence-electron chi connectivity index (χ2n) is 3.18. The fourth-order valence-electron chi connectivity index (χ4n) is 1.38. The van der Waals surface area contributed by atoms with Crippen LogP contribution in [0.3, 0.4) is 0 Å². The molecule has 0 saturated carbocycles. The van der Waals surface area contributed by atoms with Crippen LogP contribution in [0.5, 0.6) is 0 Å². The normalized spacial score (nSPS) is 11.2. The van der Waals surface area contributed by atoms with Gasteiger partial charge in [0.2, 0.25) is 0 Å². The lowest BCUT2D eigenvalue weighted by atomic mass is 10.4. The smallest absolute Gasteiger partial charge is 0.190 e. The van der Waals surface area contributed by atoms with Crippen LogP contribution in [0.25, 0.3) is 16.3 Å². The van der Waals surface area contributed by atoms with Gasteiger partial charge in [-0.05, 0) is 50.1 Å². The third-order valence-electron chi connectivity index (χ3n) is 2.10. The number of aromatic nitrogens is 4. The van der Waals surface area contributed by atoms with E-state index < -0.39 is 0 Å². The fraction of sp³-hybridized carbons (Fsp3) is 0. The van der Waals surface area contributed by atoms with E-state index in [-0.39, 0.29) is 0 Å². The molecule has 17 heavy (non-hydrogen) atoms. The van der Waals surface area contributed by atoms with E-state index in [1.54, 1.807) is 28.0 Å². The number of fused-ring (bicyclic) bond motifs is 1. The number of nitrogens with zero attached hydrogens (tertiary/aromatic N) is 4. The lowest BCUT2D eigenvalue weighted by Crippen LogP contribution is -1.93. The van der Waals surface area contributed by atoms with E-state index in [9.17, 15) is 0 Å². The molecule has 0 aromatic carbocycles. The van der Waals surface area contributed by atoms with Crippen molar-refractivity contribution in [3.05, 3.63) is 31.6 Å². The third kappa shape index (κ3) is 2.01. The highest BCUT2D eigenvalue weighted by Crippen LogP contribution is 2.37. The number of halogens is 3. The Kier molecular flexibility index (Phi) is 2.94. The Morgan fingerprint density at radius 1 is 1.24 bits per heavy atom. The maximum atomic E-state index is 5.87. The summed E-state index contributed by atoms with van der Waals surface area (Å²) in [6.45, 7) is 0. The van der Waals surface area contributed by atoms with E-state index in [2.05, 4.69) is 47.2 Å². The van der Waals surface area contributed by atoms with Gasteiger partial charge in [0.05, 0.1) is 8.66 Å². The highest BCUT2D eigenvalue weighted by molar-refractivity contribution is 9.13. The molecule has 0 aliphatic heterocycles. The Bertz CT molecular complexity index is 689. The quantitative estimate of drug-likeness (QED) is 0.626. The van der Waals surface area contributed by atoms with E-state index >= 15 is 0 Å². The Morgan fingerprint density at radius 3 is 2.76 bits per heavy atom. The summed E-state index contributed by atoms with van der Waals surface area (Å²) >= 11 is 14.3. The summed E-state index contributed by atoms with van der Waals surface area (Å²) in [5, 5.41) is 12.8. The van der Waals surface area contributed by atoms with Crippen molar-refractivity contribution in [1.82, 2.24) is 19.8 Å². The standard InChI is InChI=1S/C9H3Br2ClN4S/c10-4-3-5(17-8(4)11)9-14-13-7-2-1-6(12)15-16(7)9/h1-3H. The predicted molar refractivity (Wildman–Crippen MR) is 74.5 cm³/mol. The molecule has 3 rings (SSSR count). The van der Waals surface area contributed by atoms with Crippen LogP contribution < -0.4 is 0 Å². The monoisotopic (exact) mass is 392 g/mol. The van der Waals surface area contributed by atoms with Crippen molar-refractivity contribution in [3.8, 4) is 10.7 Å². The first-order valence-corrected chi connectivity index (χ1v) is 7.26. The topological polar surface area (TPSA) is 43.1 Å². The molecule has 0 atom stereocenters. The Labute approximate surface area is 122 Å². The number of hydrogen-bond donors (Lipinski definition) is 0. The molecule has 86 valence electrons. The molecule has 4 nitrogen and oxygen atoms in total. The van der Waals surface area contributed by atoms with E-state index in [0.717, 1.165) is 13.1 Å². The van der Waals surface area contributed by atoms with Gasteiger partial charge in [-0.1, -0.05) is 11.6 Å². The molecule has 0 bridgehead atoms. The maximum Gasteiger partial charge on any atom is 0.195 e. The molecular formula is C9H3Br2ClN4S. The van der Waals surface area contributed by atoms with Gasteiger partial charge in [0.15, 0.2) is 11.5 Å². The van der Waals surface area contributed by atoms with Crippen molar-refractivity contribution >= 4 is 60.4 Å². The molecule has 0 spiro atoms. The number of thiophene rings is 1. The summed E-state index contributed by atoms with van der Waals surface area (Å²) in [6.07, 6.45) is 0. The van der Waals surface area contributed by atoms with Crippen LogP contribution in [0.15, 0.2) is 26.5 Å². The van der Waals surface area contributed by atoms with Gasteiger partial charge >= 0.3 is 0 Å². The van der Waals surface area contributed by atoms with Gasteiger partial charge in [-0.3, -0.25) is 0 Å². The first kappa shape index (κ1) is 11.6. The molecule has 8 heteroatoms. The van der Waals surface area contributed by atoms with Crippen LogP contribution >= 0.6 is 54.8 Å². The summed E-state index contributed by atoms with van der Waals surface area (Å²) in [7, 11) is 0. The average molecular weight is 394 g/mol. The SMILES string of the molecule is Clc1ccc2nnc(-c3cc(Br)c(Br)s3)n2n1. The average Bonchev–Trinajstić information content (AvgIpc) is 2.83. The van der Waals surface area contributed by atoms with Gasteiger partial charge in [-0.15, -0.1) is 21.5 Å². The second-order valence-corrected chi connectivity index (χ2v) is 6.79. The molecule has 0 aliphatic rings. The molecule has 0 saturated heterocycles. The third-order valence-corrected chi connectivity index (χ3v) is 5.55. The summed E-state index contributed by atoms with van der Waals surface area (Å²) in [6, 6.07) is 5.44. The van der Waals surface area contributed by atoms with Crippen molar-refractivity contribution in [2.24, 2.45) is 0 Å². The number of rotatable bonds is 1. The van der Waals surface area contributed by atoms with Crippen LogP contribution in [-0.2, 0) is 0 Å². The van der Waals surface area contributed by atoms with Crippen molar-refractivity contribution in [2.75, 3.05) is 0 Å². The Balaban J connectivity index is 2.26. The lowest BCUT2D eigenvalue weighted by molar-refractivity contribution is 0.939. The Morgan fingerprint density at radius 2 is 2.06 bits per heavy atom. The van der Waals surface area contributed by atoms with Crippen molar-refractivity contribution in [1.29, 1.82) is 0 Å². The van der Waals surface area contributed by atoms with Crippen LogP contribution in [0.4, 0.5) is 0 Å². The fourth-order valence-corrected chi connectivity index (χ4v) is 3.52. The molecule has 0 fully saturated rings. The van der Waals surface area contributed by atoms with Gasteiger partial charge in [0, 0.05) is 4.47 Å². The summed E-state index contributed by atoms with van der Waals surface area (Å²) in [4.78, 5) is 0.964. The largest absolute Gasteiger partial charge is 0.195 e. The van der Waals surface area contributed by atoms with Gasteiger partial charge in [-0.25, -0.2) is 0 Å². The minimum atomic E-state index is 0.410. The highest BCUT2D eigenvalue weighted by atomic mass is 79.9. The zero-order valence-corrected chi connectivity index (χ0v) is 12.8. The molecule has 0 amide bonds. The van der Waals surface area contributed by atoms with Crippen LogP contribution in [-0.4, -0.2) is 19.8 Å². The lowest BCUT2D eigenvalue weighted by Gasteiger charge is -1.95. The molecule has 0 aliphatic carbocycles. The van der Waals surface area contributed by atoms with Crippen LogP contribution in [0, 0.1) is 0 Å². The second kappa shape index (κ2) is 4.31. The molecule has 3 heterocycles. The maximum absolute atomic E-state index is 5.87. The minimum Gasteiger partial charge on any atom is -0.190 e. The zero-order chi connectivity index (χ0) is 12.0. The van der Waals surface area contributed by atoms with Crippen LogP contribution in [0.1, 0.15) is 0 Å². The molecular weight excluding hydrogens is 391 g/mol. The molecule has 3 aromatic rings. The van der Waals surface area contributed by atoms with Gasteiger partial charge in [0.1, 0.15) is 5.15 Å². The minimum absolute atomic E-state index is 0.410. The van der Waals surface area contributed by atoms with Crippen molar-refractivity contribution in [3.63, 3.8) is 0 Å². The summed E-state index contributed by atoms with van der Waals surface area (Å²) in [5.74, 6) is 0.680. The summed E-state index contributed by atoms with van der Waals surface area (Å²) in [5.41, 5.74) is 0.671. The van der Waals surface area contributed by atoms with Gasteiger partial charge in [0.25, 0.3) is 0 Å². The molecule has 0 radical (unpaired) electrons. The zero-order valence-electron chi connectivity index (χ0n) is 8.06. The van der Waals surface area contributed by atoms with Crippen molar-refractivity contribution < 1.29 is 0 Å². The van der Waals surface area contributed by atoms with Gasteiger partial charge < -0.3 is 0 Å². The van der Waals surface area contributed by atoms with Crippen molar-refractivity contribution in [2.45, 2.75) is 0 Å². The first-order valence-electron chi connectivity index (χ1n) is 4.48. The summed E-state index contributed by atoms with van der Waals surface area (Å²) < 4.78 is 3.62. The van der Waals surface area contributed by atoms with E-state index in [1.165, 1.54) is 0 Å². The van der Waals surface area contributed by atoms with E-state index in [4.69, 9.17) is 11.6 Å². The predicted octanol–water partition coefficient (Wildman–Crippen LogP) is 4.03. The Hall–Kier alpha value is -0.500.